The molecule has 2 aliphatic rings. The molecule has 1 N–H and O–H groups in total. The smallest absolute Gasteiger partial charge is 0.0860 e. The van der Waals surface area contributed by atoms with Gasteiger partial charge in [-0.2, -0.15) is 5.26 Å². The van der Waals surface area contributed by atoms with Crippen molar-refractivity contribution in [2.75, 3.05) is 0 Å². The molecule has 0 aromatic heterocycles. The minimum absolute atomic E-state index is 0.401. The molecule has 84 valence electrons. The monoisotopic (exact) mass is 207 g/mol. The average Bonchev–Trinajstić information content (AvgIpc) is 2.11. The molecule has 0 aromatic carbocycles. The quantitative estimate of drug-likeness (QED) is 0.718. The second-order valence-electron chi connectivity index (χ2n) is 5.78. The van der Waals surface area contributed by atoms with E-state index in [2.05, 4.69) is 19.9 Å². The lowest BCUT2D eigenvalue weighted by atomic mass is 9.53. The Morgan fingerprint density at radius 3 is 2.27 bits per heavy atom. The van der Waals surface area contributed by atoms with Crippen molar-refractivity contribution in [3.05, 3.63) is 0 Å². The van der Waals surface area contributed by atoms with Crippen LogP contribution < -0.4 is 0 Å². The standard InChI is InChI=1S/C13H21NO/c1-10-4-7-13(15,8-11(10)2)12(9-14)5-3-6-12/h10-11,15H,3-8H2,1-2H3. The molecular weight excluding hydrogens is 186 g/mol. The first-order chi connectivity index (χ1) is 7.03. The summed E-state index contributed by atoms with van der Waals surface area (Å²) in [5, 5.41) is 20.0. The van der Waals surface area contributed by atoms with Crippen LogP contribution in [0.15, 0.2) is 0 Å². The third kappa shape index (κ3) is 1.49. The fourth-order valence-corrected chi connectivity index (χ4v) is 3.23. The van der Waals surface area contributed by atoms with Crippen LogP contribution >= 0.6 is 0 Å². The Balaban J connectivity index is 2.17. The Morgan fingerprint density at radius 1 is 1.20 bits per heavy atom. The molecule has 3 atom stereocenters. The van der Waals surface area contributed by atoms with Crippen LogP contribution in [-0.2, 0) is 0 Å². The van der Waals surface area contributed by atoms with Crippen molar-refractivity contribution in [3.8, 4) is 6.07 Å². The van der Waals surface area contributed by atoms with Gasteiger partial charge in [-0.05, 0) is 43.9 Å². The molecule has 2 saturated carbocycles. The van der Waals surface area contributed by atoms with Gasteiger partial charge in [0.15, 0.2) is 0 Å². The molecule has 0 radical (unpaired) electrons. The maximum atomic E-state index is 10.7. The number of nitrogens with zero attached hydrogens (tertiary/aromatic N) is 1. The van der Waals surface area contributed by atoms with Crippen molar-refractivity contribution in [3.63, 3.8) is 0 Å². The summed E-state index contributed by atoms with van der Waals surface area (Å²) in [4.78, 5) is 0. The zero-order valence-corrected chi connectivity index (χ0v) is 9.79. The lowest BCUT2D eigenvalue weighted by molar-refractivity contribution is -0.134. The summed E-state index contributed by atoms with van der Waals surface area (Å²) in [6.07, 6.45) is 5.64. The molecule has 2 heteroatoms. The molecule has 15 heavy (non-hydrogen) atoms. The van der Waals surface area contributed by atoms with E-state index in [9.17, 15) is 10.4 Å². The number of hydrogen-bond acceptors (Lipinski definition) is 2. The Bertz CT molecular complexity index is 289. The Morgan fingerprint density at radius 2 is 1.87 bits per heavy atom. The summed E-state index contributed by atoms with van der Waals surface area (Å²) in [7, 11) is 0. The van der Waals surface area contributed by atoms with Gasteiger partial charge in [-0.1, -0.05) is 20.3 Å². The van der Waals surface area contributed by atoms with Crippen LogP contribution in [0.4, 0.5) is 0 Å². The van der Waals surface area contributed by atoms with Crippen LogP contribution in [0.2, 0.25) is 0 Å². The molecule has 0 aromatic rings. The Labute approximate surface area is 92.3 Å². The maximum Gasteiger partial charge on any atom is 0.0860 e. The highest BCUT2D eigenvalue weighted by Crippen LogP contribution is 2.55. The molecule has 0 heterocycles. The molecule has 0 aliphatic heterocycles. The Hall–Kier alpha value is -0.550. The van der Waals surface area contributed by atoms with Crippen LogP contribution in [-0.4, -0.2) is 10.7 Å². The zero-order chi connectivity index (χ0) is 11.1. The van der Waals surface area contributed by atoms with Gasteiger partial charge in [-0.15, -0.1) is 0 Å². The number of hydrogen-bond donors (Lipinski definition) is 1. The highest BCUT2D eigenvalue weighted by molar-refractivity contribution is 5.16. The van der Waals surface area contributed by atoms with E-state index in [0.29, 0.717) is 11.8 Å². The van der Waals surface area contributed by atoms with Gasteiger partial charge in [0, 0.05) is 0 Å². The van der Waals surface area contributed by atoms with Crippen LogP contribution in [0.3, 0.4) is 0 Å². The van der Waals surface area contributed by atoms with Gasteiger partial charge in [0.2, 0.25) is 0 Å². The molecule has 3 unspecified atom stereocenters. The molecule has 2 fully saturated rings. The second-order valence-corrected chi connectivity index (χ2v) is 5.78. The molecule has 0 amide bonds. The SMILES string of the molecule is CC1CCC(O)(C2(C#N)CCC2)CC1C. The minimum Gasteiger partial charge on any atom is -0.388 e. The first-order valence-corrected chi connectivity index (χ1v) is 6.17. The van der Waals surface area contributed by atoms with Crippen molar-refractivity contribution in [1.29, 1.82) is 5.26 Å². The summed E-state index contributed by atoms with van der Waals surface area (Å²) in [6.45, 7) is 4.46. The van der Waals surface area contributed by atoms with E-state index in [-0.39, 0.29) is 0 Å². The fraction of sp³-hybridized carbons (Fsp3) is 0.923. The molecular formula is C13H21NO. The first-order valence-electron chi connectivity index (χ1n) is 6.17. The lowest BCUT2D eigenvalue weighted by Crippen LogP contribution is -2.54. The van der Waals surface area contributed by atoms with E-state index in [4.69, 9.17) is 0 Å². The zero-order valence-electron chi connectivity index (χ0n) is 9.79. The van der Waals surface area contributed by atoms with Crippen molar-refractivity contribution >= 4 is 0 Å². The highest BCUT2D eigenvalue weighted by atomic mass is 16.3. The van der Waals surface area contributed by atoms with Crippen molar-refractivity contribution < 1.29 is 5.11 Å². The van der Waals surface area contributed by atoms with Crippen LogP contribution in [0.25, 0.3) is 0 Å². The van der Waals surface area contributed by atoms with E-state index in [1.54, 1.807) is 0 Å². The summed E-state index contributed by atoms with van der Waals surface area (Å²) in [5.74, 6) is 1.25. The maximum absolute atomic E-state index is 10.7. The molecule has 2 nitrogen and oxygen atoms in total. The predicted molar refractivity (Wildman–Crippen MR) is 59.0 cm³/mol. The van der Waals surface area contributed by atoms with Gasteiger partial charge in [0.05, 0.1) is 17.1 Å². The second kappa shape index (κ2) is 3.49. The minimum atomic E-state index is -0.689. The lowest BCUT2D eigenvalue weighted by Gasteiger charge is -2.52. The van der Waals surface area contributed by atoms with Gasteiger partial charge in [-0.25, -0.2) is 0 Å². The van der Waals surface area contributed by atoms with E-state index in [0.717, 1.165) is 38.5 Å². The molecule has 0 saturated heterocycles. The van der Waals surface area contributed by atoms with Crippen LogP contribution in [0.1, 0.15) is 52.4 Å². The van der Waals surface area contributed by atoms with E-state index >= 15 is 0 Å². The largest absolute Gasteiger partial charge is 0.388 e. The van der Waals surface area contributed by atoms with Crippen LogP contribution in [0, 0.1) is 28.6 Å². The number of aliphatic hydroxyl groups is 1. The van der Waals surface area contributed by atoms with Gasteiger partial charge in [0.1, 0.15) is 0 Å². The van der Waals surface area contributed by atoms with E-state index in [1.165, 1.54) is 0 Å². The average molecular weight is 207 g/mol. The molecule has 2 aliphatic carbocycles. The van der Waals surface area contributed by atoms with E-state index in [1.807, 2.05) is 0 Å². The third-order valence-corrected chi connectivity index (χ3v) is 4.96. The van der Waals surface area contributed by atoms with Crippen LogP contribution in [0.5, 0.6) is 0 Å². The predicted octanol–water partition coefficient (Wildman–Crippen LogP) is 2.87. The molecule has 0 spiro atoms. The summed E-state index contributed by atoms with van der Waals surface area (Å²) in [6, 6.07) is 2.41. The van der Waals surface area contributed by atoms with Crippen molar-refractivity contribution in [2.45, 2.75) is 58.0 Å². The van der Waals surface area contributed by atoms with E-state index < -0.39 is 11.0 Å². The van der Waals surface area contributed by atoms with Gasteiger partial charge < -0.3 is 5.11 Å². The summed E-state index contributed by atoms with van der Waals surface area (Å²) < 4.78 is 0. The summed E-state index contributed by atoms with van der Waals surface area (Å²) in [5.41, 5.74) is -1.09. The van der Waals surface area contributed by atoms with Gasteiger partial charge in [0.25, 0.3) is 0 Å². The van der Waals surface area contributed by atoms with Gasteiger partial charge in [-0.3, -0.25) is 0 Å². The third-order valence-electron chi connectivity index (χ3n) is 4.96. The molecule has 0 bridgehead atoms. The molecule has 2 rings (SSSR count). The summed E-state index contributed by atoms with van der Waals surface area (Å²) >= 11 is 0. The normalized spacial score (nSPS) is 44.1. The Kier molecular flexibility index (Phi) is 2.55. The van der Waals surface area contributed by atoms with Gasteiger partial charge >= 0.3 is 0 Å². The van der Waals surface area contributed by atoms with Crippen molar-refractivity contribution in [2.24, 2.45) is 17.3 Å². The highest BCUT2D eigenvalue weighted by Gasteiger charge is 2.56. The number of rotatable bonds is 1. The number of nitriles is 1. The first kappa shape index (κ1) is 11.0. The fourth-order valence-electron chi connectivity index (χ4n) is 3.23. The topological polar surface area (TPSA) is 44.0 Å². The van der Waals surface area contributed by atoms with Crippen molar-refractivity contribution in [1.82, 2.24) is 0 Å².